The molecule has 0 radical (unpaired) electrons. The maximum absolute atomic E-state index is 13.0. The lowest BCUT2D eigenvalue weighted by Crippen LogP contribution is -2.23. The van der Waals surface area contributed by atoms with Gasteiger partial charge in [0.05, 0.1) is 17.4 Å². The first kappa shape index (κ1) is 16.5. The van der Waals surface area contributed by atoms with Gasteiger partial charge in [-0.05, 0) is 44.6 Å². The second kappa shape index (κ2) is 6.66. The number of aromatic nitrogens is 2. The number of rotatable bonds is 4. The first-order valence-electron chi connectivity index (χ1n) is 8.12. The van der Waals surface area contributed by atoms with E-state index in [1.165, 1.54) is 22.2 Å². The molecule has 1 aliphatic carbocycles. The molecular weight excluding hydrogens is 326 g/mol. The fourth-order valence-electron chi connectivity index (χ4n) is 3.03. The van der Waals surface area contributed by atoms with Crippen LogP contribution in [0.4, 0.5) is 0 Å². The van der Waals surface area contributed by atoms with Gasteiger partial charge in [-0.3, -0.25) is 9.36 Å². The van der Waals surface area contributed by atoms with Crippen LogP contribution >= 0.6 is 23.1 Å². The van der Waals surface area contributed by atoms with Crippen LogP contribution in [0.1, 0.15) is 37.6 Å². The lowest BCUT2D eigenvalue weighted by molar-refractivity contribution is 0.509. The van der Waals surface area contributed by atoms with Gasteiger partial charge in [0.15, 0.2) is 5.16 Å². The minimum Gasteiger partial charge on any atom is -0.287 e. The average Bonchev–Trinajstić information content (AvgIpc) is 2.89. The third kappa shape index (κ3) is 3.05. The second-order valence-electron chi connectivity index (χ2n) is 6.32. The number of hydrogen-bond donors (Lipinski definition) is 0. The normalized spacial score (nSPS) is 18.6. The van der Waals surface area contributed by atoms with Crippen LogP contribution in [0.15, 0.2) is 9.95 Å². The lowest BCUT2D eigenvalue weighted by atomic mass is 9.89. The van der Waals surface area contributed by atoms with Crippen LogP contribution in [0.2, 0.25) is 0 Å². The van der Waals surface area contributed by atoms with E-state index < -0.39 is 0 Å². The molecule has 0 aliphatic heterocycles. The third-order valence-electron chi connectivity index (χ3n) is 4.38. The SMILES string of the molecule is CCn1c(SC[C@H](C)C#N)nc2sc3c(c2c1=O)CC[C@@H](C)C3. The Morgan fingerprint density at radius 3 is 3.04 bits per heavy atom. The molecule has 2 atom stereocenters. The highest BCUT2D eigenvalue weighted by molar-refractivity contribution is 7.99. The summed E-state index contributed by atoms with van der Waals surface area (Å²) in [5.74, 6) is 1.31. The summed E-state index contributed by atoms with van der Waals surface area (Å²) in [6, 6.07) is 2.24. The van der Waals surface area contributed by atoms with Crippen molar-refractivity contribution in [1.29, 1.82) is 5.26 Å². The Bertz CT molecular complexity index is 831. The van der Waals surface area contributed by atoms with Gasteiger partial charge in [0.2, 0.25) is 0 Å². The second-order valence-corrected chi connectivity index (χ2v) is 8.39. The minimum absolute atomic E-state index is 0.0460. The summed E-state index contributed by atoms with van der Waals surface area (Å²) < 4.78 is 1.77. The summed E-state index contributed by atoms with van der Waals surface area (Å²) in [6.45, 7) is 6.76. The van der Waals surface area contributed by atoms with Crippen molar-refractivity contribution in [3.63, 3.8) is 0 Å². The molecule has 4 nitrogen and oxygen atoms in total. The highest BCUT2D eigenvalue weighted by Crippen LogP contribution is 2.36. The molecule has 6 heteroatoms. The molecule has 0 spiro atoms. The van der Waals surface area contributed by atoms with E-state index in [-0.39, 0.29) is 11.5 Å². The molecule has 2 heterocycles. The van der Waals surface area contributed by atoms with Crippen LogP contribution in [0, 0.1) is 23.2 Å². The highest BCUT2D eigenvalue weighted by Gasteiger charge is 2.24. The number of hydrogen-bond acceptors (Lipinski definition) is 5. The van der Waals surface area contributed by atoms with Gasteiger partial charge in [0, 0.05) is 17.2 Å². The zero-order valence-corrected chi connectivity index (χ0v) is 15.4. The Kier molecular flexibility index (Phi) is 4.79. The molecule has 2 aromatic rings. The van der Waals surface area contributed by atoms with Crippen LogP contribution in [0.25, 0.3) is 10.2 Å². The maximum atomic E-state index is 13.0. The zero-order valence-electron chi connectivity index (χ0n) is 13.8. The van der Waals surface area contributed by atoms with Gasteiger partial charge in [-0.25, -0.2) is 4.98 Å². The van der Waals surface area contributed by atoms with E-state index in [4.69, 9.17) is 10.2 Å². The number of nitriles is 1. The van der Waals surface area contributed by atoms with Crippen molar-refractivity contribution in [3.05, 3.63) is 20.8 Å². The van der Waals surface area contributed by atoms with E-state index in [9.17, 15) is 4.79 Å². The third-order valence-corrected chi connectivity index (χ3v) is 6.76. The molecule has 23 heavy (non-hydrogen) atoms. The standard InChI is InChI=1S/C17H21N3OS2/c1-4-20-16(21)14-12-6-5-10(2)7-13(12)23-15(14)19-17(20)22-9-11(3)8-18/h10-11H,4-7,9H2,1-3H3/t10-,11-/m1/s1. The largest absolute Gasteiger partial charge is 0.287 e. The van der Waals surface area contributed by atoms with E-state index in [1.807, 2.05) is 13.8 Å². The van der Waals surface area contributed by atoms with Crippen LogP contribution in [-0.4, -0.2) is 15.3 Å². The molecule has 0 amide bonds. The molecule has 0 unspecified atom stereocenters. The molecular formula is C17H21N3OS2. The van der Waals surface area contributed by atoms with Crippen LogP contribution in [0.3, 0.4) is 0 Å². The number of thiophene rings is 1. The molecule has 0 N–H and O–H groups in total. The molecule has 122 valence electrons. The lowest BCUT2D eigenvalue weighted by Gasteiger charge is -2.17. The Morgan fingerprint density at radius 1 is 1.57 bits per heavy atom. The maximum Gasteiger partial charge on any atom is 0.263 e. The van der Waals surface area contributed by atoms with Crippen molar-refractivity contribution in [3.8, 4) is 6.07 Å². The van der Waals surface area contributed by atoms with Crippen molar-refractivity contribution in [2.24, 2.45) is 11.8 Å². The van der Waals surface area contributed by atoms with Crippen LogP contribution < -0.4 is 5.56 Å². The number of fused-ring (bicyclic) bond motifs is 3. The molecule has 0 fully saturated rings. The Labute approximate surface area is 144 Å². The first-order valence-corrected chi connectivity index (χ1v) is 9.92. The molecule has 2 aromatic heterocycles. The van der Waals surface area contributed by atoms with Crippen molar-refractivity contribution in [2.75, 3.05) is 5.75 Å². The van der Waals surface area contributed by atoms with Crippen molar-refractivity contribution >= 4 is 33.3 Å². The van der Waals surface area contributed by atoms with Gasteiger partial charge in [-0.2, -0.15) is 5.26 Å². The van der Waals surface area contributed by atoms with Gasteiger partial charge in [0.1, 0.15) is 4.83 Å². The van der Waals surface area contributed by atoms with Crippen molar-refractivity contribution < 1.29 is 0 Å². The van der Waals surface area contributed by atoms with E-state index in [1.54, 1.807) is 15.9 Å². The van der Waals surface area contributed by atoms with Crippen molar-refractivity contribution in [1.82, 2.24) is 9.55 Å². The van der Waals surface area contributed by atoms with E-state index in [2.05, 4.69) is 13.0 Å². The minimum atomic E-state index is -0.0460. The number of aryl methyl sites for hydroxylation is 1. The fourth-order valence-corrected chi connectivity index (χ4v) is 5.46. The summed E-state index contributed by atoms with van der Waals surface area (Å²) >= 11 is 3.20. The highest BCUT2D eigenvalue weighted by atomic mass is 32.2. The molecule has 0 bridgehead atoms. The Balaban J connectivity index is 2.09. The van der Waals surface area contributed by atoms with E-state index in [0.717, 1.165) is 34.6 Å². The van der Waals surface area contributed by atoms with Crippen LogP contribution in [-0.2, 0) is 19.4 Å². The summed E-state index contributed by atoms with van der Waals surface area (Å²) in [4.78, 5) is 20.0. The fraction of sp³-hybridized carbons (Fsp3) is 0.588. The molecule has 0 aromatic carbocycles. The number of thioether (sulfide) groups is 1. The van der Waals surface area contributed by atoms with E-state index in [0.29, 0.717) is 18.2 Å². The monoisotopic (exact) mass is 347 g/mol. The van der Waals surface area contributed by atoms with Gasteiger partial charge in [-0.15, -0.1) is 11.3 Å². The van der Waals surface area contributed by atoms with Gasteiger partial charge in [-0.1, -0.05) is 18.7 Å². The van der Waals surface area contributed by atoms with E-state index >= 15 is 0 Å². The zero-order chi connectivity index (χ0) is 16.6. The van der Waals surface area contributed by atoms with Gasteiger partial charge in [0.25, 0.3) is 5.56 Å². The Morgan fingerprint density at radius 2 is 2.35 bits per heavy atom. The molecule has 1 aliphatic rings. The van der Waals surface area contributed by atoms with Gasteiger partial charge >= 0.3 is 0 Å². The quantitative estimate of drug-likeness (QED) is 0.622. The topological polar surface area (TPSA) is 58.7 Å². The summed E-state index contributed by atoms with van der Waals surface area (Å²) in [7, 11) is 0. The first-order chi connectivity index (χ1) is 11.0. The smallest absolute Gasteiger partial charge is 0.263 e. The van der Waals surface area contributed by atoms with Crippen LogP contribution in [0.5, 0.6) is 0 Å². The Hall–Kier alpha value is -1.32. The van der Waals surface area contributed by atoms with Crippen molar-refractivity contribution in [2.45, 2.75) is 51.7 Å². The predicted molar refractivity (Wildman–Crippen MR) is 96.2 cm³/mol. The molecule has 0 saturated heterocycles. The molecule has 0 saturated carbocycles. The summed E-state index contributed by atoms with van der Waals surface area (Å²) in [5.41, 5.74) is 1.33. The summed E-state index contributed by atoms with van der Waals surface area (Å²) in [6.07, 6.45) is 3.21. The summed E-state index contributed by atoms with van der Waals surface area (Å²) in [5, 5.41) is 10.5. The predicted octanol–water partition coefficient (Wildman–Crippen LogP) is 3.85. The number of nitrogens with zero attached hydrogens (tertiary/aromatic N) is 3. The van der Waals surface area contributed by atoms with Gasteiger partial charge < -0.3 is 0 Å². The average molecular weight is 348 g/mol. The molecule has 3 rings (SSSR count).